The number of carboxylic acids is 1. The van der Waals surface area contributed by atoms with Crippen LogP contribution in [0.4, 0.5) is 4.39 Å². The molecular weight excluding hydrogens is 423 g/mol. The van der Waals surface area contributed by atoms with Gasteiger partial charge in [0, 0.05) is 22.0 Å². The third-order valence-corrected chi connectivity index (χ3v) is 5.66. The second-order valence-corrected chi connectivity index (χ2v) is 8.34. The van der Waals surface area contributed by atoms with Crippen molar-refractivity contribution in [3.63, 3.8) is 0 Å². The van der Waals surface area contributed by atoms with Crippen molar-refractivity contribution in [1.82, 2.24) is 0 Å². The molecule has 6 nitrogen and oxygen atoms in total. The Hall–Kier alpha value is -2.65. The maximum absolute atomic E-state index is 13.7. The number of halogens is 1. The van der Waals surface area contributed by atoms with Crippen LogP contribution in [0.25, 0.3) is 17.2 Å². The Bertz CT molecular complexity index is 1020. The summed E-state index contributed by atoms with van der Waals surface area (Å²) in [6.07, 6.45) is 2.47. The van der Waals surface area contributed by atoms with Gasteiger partial charge in [-0.05, 0) is 70.7 Å². The molecule has 166 valence electrons. The molecular formula is C23H25FO6S. The van der Waals surface area contributed by atoms with E-state index in [0.29, 0.717) is 11.1 Å². The van der Waals surface area contributed by atoms with Crippen molar-refractivity contribution in [3.8, 4) is 0 Å². The molecule has 3 rings (SSSR count). The van der Waals surface area contributed by atoms with Crippen LogP contribution in [0.15, 0.2) is 52.9 Å². The van der Waals surface area contributed by atoms with E-state index in [1.807, 2.05) is 25.1 Å². The first-order valence-corrected chi connectivity index (χ1v) is 11.0. The average molecular weight is 449 g/mol. The SMILES string of the molecule is CC1=C(CC(=O)O)c2cc(F)ccc2/C1=C\c1ccc(S(C)=O)cc1.OCC(O)CO. The monoisotopic (exact) mass is 448 g/mol. The van der Waals surface area contributed by atoms with E-state index in [-0.39, 0.29) is 25.5 Å². The number of aliphatic hydroxyl groups is 3. The summed E-state index contributed by atoms with van der Waals surface area (Å²) in [7, 11) is -1.04. The fourth-order valence-corrected chi connectivity index (χ4v) is 3.63. The first-order valence-electron chi connectivity index (χ1n) is 9.45. The van der Waals surface area contributed by atoms with Gasteiger partial charge in [0.25, 0.3) is 0 Å². The zero-order chi connectivity index (χ0) is 23.1. The van der Waals surface area contributed by atoms with Crippen LogP contribution in [-0.2, 0) is 15.6 Å². The molecule has 31 heavy (non-hydrogen) atoms. The molecule has 0 fully saturated rings. The minimum Gasteiger partial charge on any atom is -0.481 e. The molecule has 0 heterocycles. The number of allylic oxidation sites excluding steroid dienone is 2. The van der Waals surface area contributed by atoms with Crippen molar-refractivity contribution in [1.29, 1.82) is 0 Å². The molecule has 0 amide bonds. The molecule has 1 atom stereocenters. The Morgan fingerprint density at radius 2 is 1.71 bits per heavy atom. The van der Waals surface area contributed by atoms with E-state index in [1.54, 1.807) is 24.5 Å². The molecule has 8 heteroatoms. The Kier molecular flexibility index (Phi) is 8.82. The molecule has 2 aromatic carbocycles. The van der Waals surface area contributed by atoms with Crippen molar-refractivity contribution in [2.45, 2.75) is 24.3 Å². The van der Waals surface area contributed by atoms with Crippen LogP contribution in [0.5, 0.6) is 0 Å². The molecule has 0 aromatic heterocycles. The molecule has 2 aromatic rings. The molecule has 1 aliphatic carbocycles. The number of hydrogen-bond acceptors (Lipinski definition) is 5. The molecule has 0 radical (unpaired) electrons. The predicted octanol–water partition coefficient (Wildman–Crippen LogP) is 2.70. The summed E-state index contributed by atoms with van der Waals surface area (Å²) in [6.45, 7) is 1.13. The lowest BCUT2D eigenvalue weighted by molar-refractivity contribution is -0.135. The summed E-state index contributed by atoms with van der Waals surface area (Å²) in [5.74, 6) is -1.33. The van der Waals surface area contributed by atoms with Gasteiger partial charge in [-0.3, -0.25) is 9.00 Å². The van der Waals surface area contributed by atoms with Crippen molar-refractivity contribution in [3.05, 3.63) is 70.5 Å². The molecule has 0 spiro atoms. The zero-order valence-corrected chi connectivity index (χ0v) is 18.0. The second kappa shape index (κ2) is 11.1. The van der Waals surface area contributed by atoms with Gasteiger partial charge in [-0.1, -0.05) is 18.2 Å². The van der Waals surface area contributed by atoms with Gasteiger partial charge in [0.2, 0.25) is 0 Å². The molecule has 0 saturated carbocycles. The predicted molar refractivity (Wildman–Crippen MR) is 118 cm³/mol. The zero-order valence-electron chi connectivity index (χ0n) is 17.2. The summed E-state index contributed by atoms with van der Waals surface area (Å²) in [5, 5.41) is 33.2. The van der Waals surface area contributed by atoms with E-state index in [0.717, 1.165) is 27.2 Å². The molecule has 0 bridgehead atoms. The summed E-state index contributed by atoms with van der Waals surface area (Å²) in [6, 6.07) is 11.8. The molecule has 4 N–H and O–H groups in total. The van der Waals surface area contributed by atoms with Gasteiger partial charge >= 0.3 is 5.97 Å². The number of carbonyl (C=O) groups is 1. The molecule has 1 aliphatic rings. The normalized spacial score (nSPS) is 15.0. The van der Waals surface area contributed by atoms with E-state index in [1.165, 1.54) is 12.1 Å². The Balaban J connectivity index is 0.000000501. The first kappa shape index (κ1) is 24.6. The summed E-state index contributed by atoms with van der Waals surface area (Å²) >= 11 is 0. The van der Waals surface area contributed by atoms with E-state index >= 15 is 0 Å². The van der Waals surface area contributed by atoms with Crippen LogP contribution in [-0.4, -0.2) is 56.2 Å². The highest BCUT2D eigenvalue weighted by Gasteiger charge is 2.25. The second-order valence-electron chi connectivity index (χ2n) is 6.96. The fraction of sp³-hybridized carbons (Fsp3) is 0.261. The summed E-state index contributed by atoms with van der Waals surface area (Å²) in [5.41, 5.74) is 4.74. The highest BCUT2D eigenvalue weighted by Crippen LogP contribution is 2.43. The standard InChI is InChI=1S/C20H17FO3S.C3H8O3/c1-12-17(9-13-3-6-15(7-4-13)25(2)24)16-8-5-14(21)10-19(16)18(12)11-20(22)23;4-1-3(6)2-5/h3-10H,11H2,1-2H3,(H,22,23);3-6H,1-2H2/b17-9-;. The highest BCUT2D eigenvalue weighted by atomic mass is 32.2. The quantitative estimate of drug-likeness (QED) is 0.540. The van der Waals surface area contributed by atoms with E-state index in [9.17, 15) is 13.4 Å². The minimum atomic E-state index is -1.04. The average Bonchev–Trinajstić information content (AvgIpc) is 2.98. The number of hydrogen-bond donors (Lipinski definition) is 4. The maximum Gasteiger partial charge on any atom is 0.307 e. The van der Waals surface area contributed by atoms with Crippen LogP contribution >= 0.6 is 0 Å². The van der Waals surface area contributed by atoms with E-state index < -0.39 is 22.9 Å². The Morgan fingerprint density at radius 3 is 2.19 bits per heavy atom. The Morgan fingerprint density at radius 1 is 1.10 bits per heavy atom. The lowest BCUT2D eigenvalue weighted by Crippen LogP contribution is -2.15. The number of benzene rings is 2. The van der Waals surface area contributed by atoms with Crippen LogP contribution in [0, 0.1) is 5.82 Å². The van der Waals surface area contributed by atoms with Gasteiger partial charge in [0.1, 0.15) is 11.9 Å². The third kappa shape index (κ3) is 6.41. The van der Waals surface area contributed by atoms with Crippen LogP contribution in [0.3, 0.4) is 0 Å². The van der Waals surface area contributed by atoms with Gasteiger partial charge in [0.05, 0.1) is 19.6 Å². The minimum absolute atomic E-state index is 0.145. The van der Waals surface area contributed by atoms with Crippen molar-refractivity contribution in [2.24, 2.45) is 0 Å². The van der Waals surface area contributed by atoms with Crippen LogP contribution in [0.2, 0.25) is 0 Å². The molecule has 0 saturated heterocycles. The number of aliphatic hydroxyl groups excluding tert-OH is 3. The lowest BCUT2D eigenvalue weighted by atomic mass is 10.0. The van der Waals surface area contributed by atoms with E-state index in [4.69, 9.17) is 20.4 Å². The molecule has 1 unspecified atom stereocenters. The number of carboxylic acid groups (broad SMARTS) is 1. The summed E-state index contributed by atoms with van der Waals surface area (Å²) < 4.78 is 25.1. The largest absolute Gasteiger partial charge is 0.481 e. The maximum atomic E-state index is 13.7. The highest BCUT2D eigenvalue weighted by molar-refractivity contribution is 7.84. The van der Waals surface area contributed by atoms with Gasteiger partial charge in [0.15, 0.2) is 0 Å². The first-order chi connectivity index (χ1) is 14.7. The van der Waals surface area contributed by atoms with Crippen LogP contribution in [0.1, 0.15) is 30.0 Å². The van der Waals surface area contributed by atoms with Gasteiger partial charge < -0.3 is 20.4 Å². The number of aliphatic carboxylic acids is 1. The van der Waals surface area contributed by atoms with Crippen molar-refractivity contribution < 1.29 is 33.8 Å². The van der Waals surface area contributed by atoms with E-state index in [2.05, 4.69) is 0 Å². The van der Waals surface area contributed by atoms with Gasteiger partial charge in [-0.15, -0.1) is 0 Å². The van der Waals surface area contributed by atoms with Crippen molar-refractivity contribution in [2.75, 3.05) is 19.5 Å². The number of fused-ring (bicyclic) bond motifs is 1. The number of rotatable bonds is 6. The smallest absolute Gasteiger partial charge is 0.307 e. The van der Waals surface area contributed by atoms with Crippen molar-refractivity contribution >= 4 is 34.0 Å². The third-order valence-electron chi connectivity index (χ3n) is 4.73. The van der Waals surface area contributed by atoms with Gasteiger partial charge in [-0.2, -0.15) is 0 Å². The topological polar surface area (TPSA) is 115 Å². The fourth-order valence-electron chi connectivity index (χ4n) is 3.11. The lowest BCUT2D eigenvalue weighted by Gasteiger charge is -2.05. The van der Waals surface area contributed by atoms with Crippen LogP contribution < -0.4 is 0 Å². The van der Waals surface area contributed by atoms with Gasteiger partial charge in [-0.25, -0.2) is 4.39 Å². The Labute approximate surface area is 182 Å². The summed E-state index contributed by atoms with van der Waals surface area (Å²) in [4.78, 5) is 11.9. The molecule has 0 aliphatic heterocycles.